The van der Waals surface area contributed by atoms with Gasteiger partial charge in [0.2, 0.25) is 0 Å². The smallest absolute Gasteiger partial charge is 0.354 e. The van der Waals surface area contributed by atoms with Crippen molar-refractivity contribution in [1.29, 1.82) is 0 Å². The van der Waals surface area contributed by atoms with E-state index < -0.39 is 27.9 Å². The van der Waals surface area contributed by atoms with Crippen molar-refractivity contribution in [1.82, 2.24) is 15.0 Å². The number of pyridine rings is 3. The van der Waals surface area contributed by atoms with Crippen LogP contribution in [-0.2, 0) is 31.1 Å². The Bertz CT molecular complexity index is 1500. The maximum absolute atomic E-state index is 14.2. The Morgan fingerprint density at radius 3 is 2.20 bits per heavy atom. The largest absolute Gasteiger partial charge is 0.477 e. The van der Waals surface area contributed by atoms with Gasteiger partial charge in [-0.1, -0.05) is 47.5 Å². The Morgan fingerprint density at radius 2 is 1.57 bits per heavy atom. The monoisotopic (exact) mass is 676 g/mol. The normalized spacial score (nSPS) is 10.9. The molecule has 1 N–H and O–H groups in total. The average Bonchev–Trinajstić information content (AvgIpc) is 2.80. The first-order chi connectivity index (χ1) is 16.2. The molecular weight excluding hydrogens is 661 g/mol. The van der Waals surface area contributed by atoms with E-state index in [1.165, 1.54) is 48.5 Å². The second-order valence-corrected chi connectivity index (χ2v) is 8.83. The molecule has 1 aromatic carbocycles. The van der Waals surface area contributed by atoms with E-state index in [0.717, 1.165) is 15.9 Å². The number of nitrogens with zero attached hydrogens (tertiary/aromatic N) is 4. The van der Waals surface area contributed by atoms with Gasteiger partial charge in [0.1, 0.15) is 23.5 Å². The summed E-state index contributed by atoms with van der Waals surface area (Å²) in [6.45, 7) is 1.79. The number of aromatic carboxylic acids is 1. The second kappa shape index (κ2) is 10.4. The van der Waals surface area contributed by atoms with E-state index in [2.05, 4.69) is 21.0 Å². The molecule has 12 heteroatoms. The molecule has 0 unspecified atom stereocenters. The van der Waals surface area contributed by atoms with Gasteiger partial charge in [-0.05, 0) is 42.9 Å². The van der Waals surface area contributed by atoms with Crippen molar-refractivity contribution >= 4 is 27.6 Å². The van der Waals surface area contributed by atoms with Gasteiger partial charge in [-0.3, -0.25) is 9.97 Å². The Morgan fingerprint density at radius 1 is 0.943 bits per heavy atom. The first-order valence-electron chi connectivity index (χ1n) is 9.70. The van der Waals surface area contributed by atoms with E-state index in [-0.39, 0.29) is 54.5 Å². The van der Waals surface area contributed by atoms with E-state index in [9.17, 15) is 27.1 Å². The van der Waals surface area contributed by atoms with Gasteiger partial charge in [0.05, 0.1) is 4.90 Å². The molecule has 3 heterocycles. The molecule has 4 rings (SSSR count). The van der Waals surface area contributed by atoms with E-state index >= 15 is 0 Å². The number of carboxylic acid groups (broad SMARTS) is 1. The number of hydrogen-bond acceptors (Lipinski definition) is 6. The van der Waals surface area contributed by atoms with Crippen molar-refractivity contribution < 1.29 is 48.2 Å². The number of sulfonamides is 1. The van der Waals surface area contributed by atoms with Crippen LogP contribution in [0.15, 0.2) is 71.6 Å². The molecule has 0 radical (unpaired) electrons. The van der Waals surface area contributed by atoms with Crippen molar-refractivity contribution in [2.24, 2.45) is 0 Å². The number of rotatable bonds is 6. The predicted octanol–water partition coefficient (Wildman–Crippen LogP) is 4.15. The summed E-state index contributed by atoms with van der Waals surface area (Å²) in [5.41, 5.74) is 0.0930. The molecule has 0 bridgehead atoms. The van der Waals surface area contributed by atoms with Crippen molar-refractivity contribution in [2.45, 2.75) is 11.8 Å². The fourth-order valence-electron chi connectivity index (χ4n) is 3.06. The first kappa shape index (κ1) is 26.1. The number of benzene rings is 1. The van der Waals surface area contributed by atoms with Crippen LogP contribution < -0.4 is 4.31 Å². The average molecular weight is 677 g/mol. The summed E-state index contributed by atoms with van der Waals surface area (Å²) in [4.78, 5) is 22.6. The standard InChI is InChI=1S/C23H15F2N4O4S.Pt/c1-14-8-10-15(11-9-14)34(32,33)29(21-7-3-5-18(27-21)23(30)31)20-6-2-4-17(26-20)16-12-13-19(24)28-22(16)25;/h2-11,13H,1H3,(H,30,31);/q-1;. The number of carbonyl (C=O) groups is 1. The van der Waals surface area contributed by atoms with Crippen LogP contribution in [0.5, 0.6) is 0 Å². The zero-order valence-corrected chi connectivity index (χ0v) is 20.9. The van der Waals surface area contributed by atoms with Gasteiger partial charge in [0.25, 0.3) is 10.0 Å². The molecule has 0 aliphatic carbocycles. The predicted molar refractivity (Wildman–Crippen MR) is 118 cm³/mol. The van der Waals surface area contributed by atoms with Crippen LogP contribution in [0, 0.1) is 24.9 Å². The number of anilines is 2. The van der Waals surface area contributed by atoms with Gasteiger partial charge < -0.3 is 5.11 Å². The second-order valence-electron chi connectivity index (χ2n) is 7.04. The number of hydrogen-bond donors (Lipinski definition) is 1. The Balaban J connectivity index is 0.00000342. The Hall–Kier alpha value is -3.56. The molecule has 3 aromatic heterocycles. The van der Waals surface area contributed by atoms with Crippen molar-refractivity contribution in [3.63, 3.8) is 0 Å². The van der Waals surface area contributed by atoms with Crippen LogP contribution in [0.2, 0.25) is 0 Å². The zero-order chi connectivity index (χ0) is 24.5. The molecule has 0 atom stereocenters. The van der Waals surface area contributed by atoms with Gasteiger partial charge in [0, 0.05) is 21.1 Å². The zero-order valence-electron chi connectivity index (χ0n) is 17.8. The minimum absolute atomic E-state index is 0. The fraction of sp³-hybridized carbons (Fsp3) is 0.0435. The number of carboxylic acids is 1. The number of aromatic nitrogens is 3. The van der Waals surface area contributed by atoms with E-state index in [0.29, 0.717) is 0 Å². The van der Waals surface area contributed by atoms with Gasteiger partial charge in [-0.2, -0.15) is 0 Å². The van der Waals surface area contributed by atoms with E-state index in [4.69, 9.17) is 0 Å². The van der Waals surface area contributed by atoms with Crippen LogP contribution >= 0.6 is 0 Å². The van der Waals surface area contributed by atoms with Crippen LogP contribution in [-0.4, -0.2) is 34.4 Å². The molecule has 8 nitrogen and oxygen atoms in total. The topological polar surface area (TPSA) is 113 Å². The SMILES string of the molecule is Cc1ccc(S(=O)(=O)N(c2cccc(C(=O)O)n2)c2cccc(-c3[c-]cc(F)nc3F)n2)cc1.[Pt]. The Kier molecular flexibility index (Phi) is 7.72. The van der Waals surface area contributed by atoms with Gasteiger partial charge >= 0.3 is 5.97 Å². The van der Waals surface area contributed by atoms with Gasteiger partial charge in [0.15, 0.2) is 5.69 Å². The third-order valence-electron chi connectivity index (χ3n) is 4.67. The summed E-state index contributed by atoms with van der Waals surface area (Å²) in [6, 6.07) is 17.2. The molecule has 0 aliphatic rings. The summed E-state index contributed by atoms with van der Waals surface area (Å²) >= 11 is 0. The minimum atomic E-state index is -4.35. The molecule has 0 saturated heterocycles. The maximum atomic E-state index is 14.2. The first-order valence-corrected chi connectivity index (χ1v) is 11.1. The quantitative estimate of drug-likeness (QED) is 0.241. The van der Waals surface area contributed by atoms with Crippen molar-refractivity contribution in [3.05, 3.63) is 95.9 Å². The Labute approximate surface area is 213 Å². The fourth-order valence-corrected chi connectivity index (χ4v) is 4.45. The number of halogens is 2. The molecular formula is C23H15F2N4O4PtS-. The van der Waals surface area contributed by atoms with Gasteiger partial charge in [-0.25, -0.2) is 31.3 Å². The minimum Gasteiger partial charge on any atom is -0.477 e. The summed E-state index contributed by atoms with van der Waals surface area (Å²) in [5, 5.41) is 9.33. The third-order valence-corrected chi connectivity index (χ3v) is 6.39. The molecule has 35 heavy (non-hydrogen) atoms. The van der Waals surface area contributed by atoms with Gasteiger partial charge in [-0.15, -0.1) is 6.07 Å². The number of aryl methyl sites for hydroxylation is 1. The van der Waals surface area contributed by atoms with E-state index in [1.54, 1.807) is 19.1 Å². The van der Waals surface area contributed by atoms with Crippen LogP contribution in [0.3, 0.4) is 0 Å². The van der Waals surface area contributed by atoms with E-state index in [1.807, 2.05) is 0 Å². The summed E-state index contributed by atoms with van der Waals surface area (Å²) in [6.07, 6.45) is 0. The molecule has 182 valence electrons. The molecule has 0 saturated carbocycles. The molecule has 0 fully saturated rings. The summed E-state index contributed by atoms with van der Waals surface area (Å²) in [7, 11) is -4.35. The van der Waals surface area contributed by atoms with Crippen molar-refractivity contribution in [2.75, 3.05) is 4.31 Å². The van der Waals surface area contributed by atoms with Crippen LogP contribution in [0.25, 0.3) is 11.3 Å². The molecule has 0 amide bonds. The molecule has 4 aromatic rings. The third kappa shape index (κ3) is 5.41. The molecule has 0 aliphatic heterocycles. The van der Waals surface area contributed by atoms with Crippen LogP contribution in [0.1, 0.15) is 16.1 Å². The summed E-state index contributed by atoms with van der Waals surface area (Å²) in [5.74, 6) is -4.05. The van der Waals surface area contributed by atoms with Crippen molar-refractivity contribution in [3.8, 4) is 11.3 Å². The summed E-state index contributed by atoms with van der Waals surface area (Å²) < 4.78 is 55.5. The molecule has 0 spiro atoms. The van der Waals surface area contributed by atoms with Crippen LogP contribution in [0.4, 0.5) is 20.4 Å². The maximum Gasteiger partial charge on any atom is 0.354 e.